The molecule has 3 aromatic heterocycles. The van der Waals surface area contributed by atoms with Gasteiger partial charge in [-0.15, -0.1) is 0 Å². The van der Waals surface area contributed by atoms with Crippen molar-refractivity contribution in [2.24, 2.45) is 7.05 Å². The molecular formula is C27H22FN5O4. The first-order chi connectivity index (χ1) is 18.0. The highest BCUT2D eigenvalue weighted by molar-refractivity contribution is 5.88. The first kappa shape index (κ1) is 23.7. The summed E-state index contributed by atoms with van der Waals surface area (Å²) < 4.78 is 31.4. The van der Waals surface area contributed by atoms with Crippen LogP contribution >= 0.6 is 0 Å². The van der Waals surface area contributed by atoms with E-state index in [0.29, 0.717) is 51.4 Å². The molecule has 2 aromatic carbocycles. The average Bonchev–Trinajstić information content (AvgIpc) is 2.92. The van der Waals surface area contributed by atoms with E-state index in [4.69, 9.17) is 14.2 Å². The van der Waals surface area contributed by atoms with Gasteiger partial charge in [0.25, 0.3) is 5.56 Å². The molecule has 0 fully saturated rings. The fraction of sp³-hybridized carbons (Fsp3) is 0.111. The van der Waals surface area contributed by atoms with Crippen LogP contribution in [0.25, 0.3) is 22.2 Å². The zero-order valence-electron chi connectivity index (χ0n) is 20.2. The second-order valence-corrected chi connectivity index (χ2v) is 8.01. The number of aromatic nitrogens is 4. The van der Waals surface area contributed by atoms with Crippen molar-refractivity contribution in [3.05, 3.63) is 89.4 Å². The molecule has 0 aliphatic heterocycles. The minimum atomic E-state index is -0.349. The van der Waals surface area contributed by atoms with E-state index in [-0.39, 0.29) is 11.4 Å². The Morgan fingerprint density at radius 3 is 2.32 bits per heavy atom. The Morgan fingerprint density at radius 2 is 1.62 bits per heavy atom. The molecule has 5 rings (SSSR count). The Kier molecular flexibility index (Phi) is 6.38. The van der Waals surface area contributed by atoms with Gasteiger partial charge in [0.05, 0.1) is 37.2 Å². The molecule has 0 amide bonds. The summed E-state index contributed by atoms with van der Waals surface area (Å²) in [5, 5.41) is 3.75. The minimum Gasteiger partial charge on any atom is -0.493 e. The van der Waals surface area contributed by atoms with Crippen LogP contribution in [0.1, 0.15) is 0 Å². The summed E-state index contributed by atoms with van der Waals surface area (Å²) in [6.45, 7) is 0. The molecule has 5 aromatic rings. The third kappa shape index (κ3) is 4.76. The number of pyridine rings is 2. The van der Waals surface area contributed by atoms with Gasteiger partial charge in [0.2, 0.25) is 5.95 Å². The van der Waals surface area contributed by atoms with E-state index in [1.54, 1.807) is 69.9 Å². The number of nitrogens with one attached hydrogen (secondary N) is 1. The van der Waals surface area contributed by atoms with Crippen molar-refractivity contribution < 1.29 is 18.6 Å². The van der Waals surface area contributed by atoms with Gasteiger partial charge in [-0.2, -0.15) is 0 Å². The van der Waals surface area contributed by atoms with Crippen molar-refractivity contribution in [3.63, 3.8) is 0 Å². The molecule has 0 aliphatic rings. The van der Waals surface area contributed by atoms with Gasteiger partial charge in [-0.25, -0.2) is 9.37 Å². The lowest BCUT2D eigenvalue weighted by atomic mass is 10.2. The number of anilines is 2. The predicted molar refractivity (Wildman–Crippen MR) is 137 cm³/mol. The number of rotatable bonds is 7. The number of nitrogens with zero attached hydrogens (tertiary/aromatic N) is 4. The third-order valence-electron chi connectivity index (χ3n) is 5.72. The maximum atomic E-state index is 13.2. The van der Waals surface area contributed by atoms with Crippen LogP contribution < -0.4 is 25.1 Å². The van der Waals surface area contributed by atoms with Crippen molar-refractivity contribution in [2.45, 2.75) is 0 Å². The molecule has 0 spiro atoms. The molecule has 9 nitrogen and oxygen atoms in total. The summed E-state index contributed by atoms with van der Waals surface area (Å²) >= 11 is 0. The topological polar surface area (TPSA) is 100 Å². The number of fused-ring (bicyclic) bond motifs is 1. The van der Waals surface area contributed by atoms with Crippen molar-refractivity contribution in [2.75, 3.05) is 19.5 Å². The summed E-state index contributed by atoms with van der Waals surface area (Å²) in [6, 6.07) is 14.5. The minimum absolute atomic E-state index is 0.290. The number of halogens is 1. The van der Waals surface area contributed by atoms with Gasteiger partial charge >= 0.3 is 0 Å². The Labute approximate surface area is 211 Å². The number of methoxy groups -OCH3 is 2. The van der Waals surface area contributed by atoms with Gasteiger partial charge in [-0.3, -0.25) is 19.3 Å². The number of hydrogen-bond donors (Lipinski definition) is 1. The van der Waals surface area contributed by atoms with E-state index in [1.165, 1.54) is 29.1 Å². The maximum Gasteiger partial charge on any atom is 0.264 e. The highest BCUT2D eigenvalue weighted by Crippen LogP contribution is 2.36. The van der Waals surface area contributed by atoms with Crippen molar-refractivity contribution in [3.8, 4) is 34.3 Å². The van der Waals surface area contributed by atoms with Crippen molar-refractivity contribution in [1.29, 1.82) is 0 Å². The maximum absolute atomic E-state index is 13.2. The Bertz CT molecular complexity index is 1640. The molecule has 0 radical (unpaired) electrons. The molecule has 0 bridgehead atoms. The Balaban J connectivity index is 1.40. The lowest BCUT2D eigenvalue weighted by molar-refractivity contribution is 0.355. The summed E-state index contributed by atoms with van der Waals surface area (Å²) in [6.07, 6.45) is 4.63. The third-order valence-corrected chi connectivity index (χ3v) is 5.72. The predicted octanol–water partition coefficient (Wildman–Crippen LogP) is 5.08. The summed E-state index contributed by atoms with van der Waals surface area (Å²) in [5.41, 5.74) is 1.77. The Morgan fingerprint density at radius 1 is 0.865 bits per heavy atom. The van der Waals surface area contributed by atoms with Crippen molar-refractivity contribution >= 4 is 22.5 Å². The molecule has 186 valence electrons. The normalized spacial score (nSPS) is 10.8. The second-order valence-electron chi connectivity index (χ2n) is 8.01. The van der Waals surface area contributed by atoms with Gasteiger partial charge in [0.15, 0.2) is 11.5 Å². The first-order valence-electron chi connectivity index (χ1n) is 11.2. The lowest BCUT2D eigenvalue weighted by Gasteiger charge is -2.13. The molecular weight excluding hydrogens is 477 g/mol. The highest BCUT2D eigenvalue weighted by Gasteiger charge is 2.14. The standard InChI is InChI=1S/C27H22FN5O4/c1-33-26(34)20(15-31-27(33)32-17-6-4-16(28)5-7-17)21-9-8-18(14-30-21)37-23-10-11-29-22-13-25(36-3)24(35-2)12-19(22)23/h4-15H,1-3H3,(H,31,32). The van der Waals surface area contributed by atoms with E-state index in [1.807, 2.05) is 0 Å². The van der Waals surface area contributed by atoms with Crippen LogP contribution in [0.15, 0.2) is 78.0 Å². The number of hydrogen-bond acceptors (Lipinski definition) is 8. The van der Waals surface area contributed by atoms with Crippen LogP contribution in [0.3, 0.4) is 0 Å². The smallest absolute Gasteiger partial charge is 0.264 e. The molecule has 0 saturated heterocycles. The van der Waals surface area contributed by atoms with E-state index < -0.39 is 0 Å². The average molecular weight is 500 g/mol. The van der Waals surface area contributed by atoms with E-state index in [0.717, 1.165) is 5.39 Å². The van der Waals surface area contributed by atoms with E-state index in [2.05, 4.69) is 20.3 Å². The SMILES string of the molecule is COc1cc2nccc(Oc3ccc(-c4cnc(Nc5ccc(F)cc5)n(C)c4=O)nc3)c2cc1OC. The van der Waals surface area contributed by atoms with Gasteiger partial charge in [0, 0.05) is 36.6 Å². The fourth-order valence-electron chi connectivity index (χ4n) is 3.76. The molecule has 0 aliphatic carbocycles. The van der Waals surface area contributed by atoms with Crippen LogP contribution in [0.2, 0.25) is 0 Å². The first-order valence-corrected chi connectivity index (χ1v) is 11.2. The van der Waals surface area contributed by atoms with Crippen LogP contribution in [-0.4, -0.2) is 33.7 Å². The zero-order chi connectivity index (χ0) is 25.9. The molecule has 3 heterocycles. The number of benzene rings is 2. The van der Waals surface area contributed by atoms with E-state index in [9.17, 15) is 9.18 Å². The quantitative estimate of drug-likeness (QED) is 0.331. The Hall–Kier alpha value is -4.99. The molecule has 0 atom stereocenters. The van der Waals surface area contributed by atoms with E-state index >= 15 is 0 Å². The summed E-state index contributed by atoms with van der Waals surface area (Å²) in [7, 11) is 4.73. The number of ether oxygens (including phenoxy) is 3. The molecule has 1 N–H and O–H groups in total. The van der Waals surface area contributed by atoms with Crippen LogP contribution in [0, 0.1) is 5.82 Å². The fourth-order valence-corrected chi connectivity index (χ4v) is 3.76. The molecule has 37 heavy (non-hydrogen) atoms. The molecule has 0 saturated carbocycles. The zero-order valence-corrected chi connectivity index (χ0v) is 20.2. The summed E-state index contributed by atoms with van der Waals surface area (Å²) in [4.78, 5) is 26.1. The van der Waals surface area contributed by atoms with Gasteiger partial charge in [-0.1, -0.05) is 0 Å². The van der Waals surface area contributed by atoms with Crippen LogP contribution in [-0.2, 0) is 7.05 Å². The van der Waals surface area contributed by atoms with Gasteiger partial charge < -0.3 is 19.5 Å². The van der Waals surface area contributed by atoms with Crippen molar-refractivity contribution in [1.82, 2.24) is 19.5 Å². The second kappa shape index (κ2) is 9.94. The summed E-state index contributed by atoms with van der Waals surface area (Å²) in [5.74, 6) is 2.14. The largest absolute Gasteiger partial charge is 0.493 e. The molecule has 0 unspecified atom stereocenters. The van der Waals surface area contributed by atoms with Gasteiger partial charge in [-0.05, 0) is 48.5 Å². The lowest BCUT2D eigenvalue weighted by Crippen LogP contribution is -2.22. The van der Waals surface area contributed by atoms with Crippen LogP contribution in [0.4, 0.5) is 16.0 Å². The van der Waals surface area contributed by atoms with Crippen LogP contribution in [0.5, 0.6) is 23.0 Å². The highest BCUT2D eigenvalue weighted by atomic mass is 19.1. The monoisotopic (exact) mass is 499 g/mol. The molecule has 10 heteroatoms. The van der Waals surface area contributed by atoms with Gasteiger partial charge in [0.1, 0.15) is 17.3 Å².